The van der Waals surface area contributed by atoms with Gasteiger partial charge in [0.1, 0.15) is 0 Å². The maximum atomic E-state index is 6.45. The number of rotatable bonds is 2. The molecule has 0 amide bonds. The highest BCUT2D eigenvalue weighted by molar-refractivity contribution is 5.33. The summed E-state index contributed by atoms with van der Waals surface area (Å²) < 4.78 is 0. The molecule has 0 aromatic heterocycles. The van der Waals surface area contributed by atoms with Crippen LogP contribution in [0.1, 0.15) is 74.8 Å². The van der Waals surface area contributed by atoms with Crippen LogP contribution in [0.25, 0.3) is 0 Å². The van der Waals surface area contributed by atoms with Gasteiger partial charge in [-0.15, -0.1) is 0 Å². The van der Waals surface area contributed by atoms with Crippen molar-refractivity contribution < 1.29 is 0 Å². The molecule has 1 aromatic carbocycles. The molecule has 2 N–H and O–H groups in total. The molecule has 98 valence electrons. The molecule has 3 rings (SSSR count). The van der Waals surface area contributed by atoms with E-state index in [2.05, 4.69) is 24.3 Å². The Bertz CT molecular complexity index is 398. The Hall–Kier alpha value is -0.820. The van der Waals surface area contributed by atoms with Crippen molar-refractivity contribution in [2.24, 2.45) is 5.73 Å². The zero-order chi connectivity index (χ0) is 12.4. The van der Waals surface area contributed by atoms with Crippen LogP contribution < -0.4 is 5.73 Å². The van der Waals surface area contributed by atoms with Crippen LogP contribution >= 0.6 is 0 Å². The van der Waals surface area contributed by atoms with Gasteiger partial charge in [-0.1, -0.05) is 49.9 Å². The molecule has 2 aliphatic carbocycles. The van der Waals surface area contributed by atoms with E-state index >= 15 is 0 Å². The second-order valence-corrected chi connectivity index (χ2v) is 6.32. The van der Waals surface area contributed by atoms with Crippen molar-refractivity contribution in [3.8, 4) is 0 Å². The van der Waals surface area contributed by atoms with Crippen LogP contribution in [0.4, 0.5) is 0 Å². The van der Waals surface area contributed by atoms with Crippen LogP contribution in [0.3, 0.4) is 0 Å². The molecule has 2 aliphatic rings. The van der Waals surface area contributed by atoms with Gasteiger partial charge in [0.05, 0.1) is 0 Å². The van der Waals surface area contributed by atoms with Crippen molar-refractivity contribution in [3.05, 3.63) is 35.4 Å². The predicted molar refractivity (Wildman–Crippen MR) is 76.6 cm³/mol. The fourth-order valence-electron chi connectivity index (χ4n) is 3.56. The van der Waals surface area contributed by atoms with Crippen LogP contribution in [0.5, 0.6) is 0 Å². The molecule has 1 nitrogen and oxygen atoms in total. The number of nitrogens with two attached hydrogens (primary N) is 1. The summed E-state index contributed by atoms with van der Waals surface area (Å²) >= 11 is 0. The van der Waals surface area contributed by atoms with E-state index in [0.29, 0.717) is 0 Å². The molecular formula is C17H25N. The van der Waals surface area contributed by atoms with Crippen molar-refractivity contribution in [2.45, 2.75) is 69.2 Å². The second-order valence-electron chi connectivity index (χ2n) is 6.32. The summed E-state index contributed by atoms with van der Waals surface area (Å²) in [4.78, 5) is 0. The fraction of sp³-hybridized carbons (Fsp3) is 0.647. The normalized spacial score (nSPS) is 24.3. The average molecular weight is 243 g/mol. The summed E-state index contributed by atoms with van der Waals surface area (Å²) in [6, 6.07) is 9.19. The fourth-order valence-corrected chi connectivity index (χ4v) is 3.56. The summed E-state index contributed by atoms with van der Waals surface area (Å²) in [5.41, 5.74) is 9.39. The SMILES string of the molecule is NC1(c2cccc(C3CCCCCC3)c2)CCC1. The first kappa shape index (κ1) is 12.2. The standard InChI is InChI=1S/C17H25N/c18-17(11-6-12-17)16-10-5-9-15(13-16)14-7-3-1-2-4-8-14/h5,9-10,13-14H,1-4,6-8,11-12,18H2. The van der Waals surface area contributed by atoms with Crippen LogP contribution in [0.2, 0.25) is 0 Å². The number of hydrogen-bond acceptors (Lipinski definition) is 1. The average Bonchev–Trinajstić information content (AvgIpc) is 2.65. The molecule has 0 atom stereocenters. The topological polar surface area (TPSA) is 26.0 Å². The van der Waals surface area contributed by atoms with Gasteiger partial charge in [-0.3, -0.25) is 0 Å². The largest absolute Gasteiger partial charge is 0.321 e. The maximum Gasteiger partial charge on any atom is 0.0409 e. The maximum absolute atomic E-state index is 6.45. The molecule has 0 aliphatic heterocycles. The quantitative estimate of drug-likeness (QED) is 0.762. The Morgan fingerprint density at radius 1 is 0.944 bits per heavy atom. The Balaban J connectivity index is 1.81. The molecule has 0 radical (unpaired) electrons. The van der Waals surface area contributed by atoms with Gasteiger partial charge < -0.3 is 5.73 Å². The molecule has 0 saturated heterocycles. The predicted octanol–water partition coefficient (Wildman–Crippen LogP) is 4.46. The first-order valence-electron chi connectivity index (χ1n) is 7.67. The van der Waals surface area contributed by atoms with E-state index in [1.165, 1.54) is 63.4 Å². The number of hydrogen-bond donors (Lipinski definition) is 1. The third-order valence-electron chi connectivity index (χ3n) is 5.03. The summed E-state index contributed by atoms with van der Waals surface area (Å²) in [6.45, 7) is 0. The highest BCUT2D eigenvalue weighted by atomic mass is 14.8. The minimum absolute atomic E-state index is 0.000733. The second kappa shape index (κ2) is 5.05. The van der Waals surface area contributed by atoms with Gasteiger partial charge in [-0.05, 0) is 49.1 Å². The highest BCUT2D eigenvalue weighted by Gasteiger charge is 2.34. The van der Waals surface area contributed by atoms with Gasteiger partial charge >= 0.3 is 0 Å². The van der Waals surface area contributed by atoms with Gasteiger partial charge in [-0.25, -0.2) is 0 Å². The molecule has 2 saturated carbocycles. The summed E-state index contributed by atoms with van der Waals surface area (Å²) in [7, 11) is 0. The Kier molecular flexibility index (Phi) is 3.43. The zero-order valence-corrected chi connectivity index (χ0v) is 11.3. The lowest BCUT2D eigenvalue weighted by molar-refractivity contribution is 0.253. The van der Waals surface area contributed by atoms with Gasteiger partial charge in [0.2, 0.25) is 0 Å². The lowest BCUT2D eigenvalue weighted by Crippen LogP contribution is -2.43. The van der Waals surface area contributed by atoms with E-state index in [0.717, 1.165) is 5.92 Å². The molecular weight excluding hydrogens is 218 g/mol. The van der Waals surface area contributed by atoms with E-state index in [9.17, 15) is 0 Å². The molecule has 0 unspecified atom stereocenters. The molecule has 18 heavy (non-hydrogen) atoms. The highest BCUT2D eigenvalue weighted by Crippen LogP contribution is 2.40. The van der Waals surface area contributed by atoms with Crippen molar-refractivity contribution in [1.82, 2.24) is 0 Å². The molecule has 0 spiro atoms. The van der Waals surface area contributed by atoms with Gasteiger partial charge in [0.25, 0.3) is 0 Å². The first-order valence-corrected chi connectivity index (χ1v) is 7.67. The lowest BCUT2D eigenvalue weighted by Gasteiger charge is -2.39. The van der Waals surface area contributed by atoms with Crippen molar-refractivity contribution in [3.63, 3.8) is 0 Å². The van der Waals surface area contributed by atoms with Gasteiger partial charge in [0, 0.05) is 5.54 Å². The molecule has 0 heterocycles. The van der Waals surface area contributed by atoms with E-state index in [1.807, 2.05) is 0 Å². The Morgan fingerprint density at radius 2 is 1.67 bits per heavy atom. The van der Waals surface area contributed by atoms with E-state index in [1.54, 1.807) is 5.56 Å². The number of benzene rings is 1. The first-order chi connectivity index (χ1) is 8.78. The van der Waals surface area contributed by atoms with E-state index in [-0.39, 0.29) is 5.54 Å². The van der Waals surface area contributed by atoms with Crippen LogP contribution in [-0.4, -0.2) is 0 Å². The van der Waals surface area contributed by atoms with Gasteiger partial charge in [0.15, 0.2) is 0 Å². The van der Waals surface area contributed by atoms with Crippen molar-refractivity contribution in [2.75, 3.05) is 0 Å². The van der Waals surface area contributed by atoms with Crippen LogP contribution in [0, 0.1) is 0 Å². The Morgan fingerprint density at radius 3 is 2.28 bits per heavy atom. The minimum Gasteiger partial charge on any atom is -0.321 e. The third-order valence-corrected chi connectivity index (χ3v) is 5.03. The molecule has 0 bridgehead atoms. The monoisotopic (exact) mass is 243 g/mol. The van der Waals surface area contributed by atoms with Crippen LogP contribution in [-0.2, 0) is 5.54 Å². The lowest BCUT2D eigenvalue weighted by atomic mass is 9.72. The van der Waals surface area contributed by atoms with Gasteiger partial charge in [-0.2, -0.15) is 0 Å². The van der Waals surface area contributed by atoms with Crippen LogP contribution in [0.15, 0.2) is 24.3 Å². The van der Waals surface area contributed by atoms with Crippen molar-refractivity contribution in [1.29, 1.82) is 0 Å². The van der Waals surface area contributed by atoms with E-state index < -0.39 is 0 Å². The smallest absolute Gasteiger partial charge is 0.0409 e. The van der Waals surface area contributed by atoms with E-state index in [4.69, 9.17) is 5.73 Å². The molecule has 2 fully saturated rings. The zero-order valence-electron chi connectivity index (χ0n) is 11.3. The molecule has 1 heteroatoms. The molecule has 1 aromatic rings. The minimum atomic E-state index is 0.000733. The third kappa shape index (κ3) is 2.33. The summed E-state index contributed by atoms with van der Waals surface area (Å²) in [5, 5.41) is 0. The Labute approximate surface area is 111 Å². The summed E-state index contributed by atoms with van der Waals surface area (Å²) in [5.74, 6) is 0.788. The summed E-state index contributed by atoms with van der Waals surface area (Å²) in [6.07, 6.45) is 12.0. The van der Waals surface area contributed by atoms with Crippen molar-refractivity contribution >= 4 is 0 Å².